The lowest BCUT2D eigenvalue weighted by molar-refractivity contribution is 0.333. The fourth-order valence-electron chi connectivity index (χ4n) is 1.47. The van der Waals surface area contributed by atoms with Gasteiger partial charge in [-0.1, -0.05) is 0 Å². The van der Waals surface area contributed by atoms with Crippen molar-refractivity contribution in [1.29, 1.82) is 0 Å². The van der Waals surface area contributed by atoms with Crippen molar-refractivity contribution in [3.8, 4) is 5.75 Å². The highest BCUT2D eigenvalue weighted by Gasteiger charge is 2.07. The van der Waals surface area contributed by atoms with Gasteiger partial charge in [0.1, 0.15) is 5.75 Å². The van der Waals surface area contributed by atoms with Gasteiger partial charge in [-0.05, 0) is 37.4 Å². The van der Waals surface area contributed by atoms with Gasteiger partial charge in [-0.2, -0.15) is 0 Å². The van der Waals surface area contributed by atoms with Crippen molar-refractivity contribution in [1.82, 2.24) is 0 Å². The van der Waals surface area contributed by atoms with Crippen LogP contribution in [0.15, 0.2) is 23.1 Å². The highest BCUT2D eigenvalue weighted by atomic mass is 32.1. The summed E-state index contributed by atoms with van der Waals surface area (Å²) in [5.74, 6) is 0.880. The van der Waals surface area contributed by atoms with E-state index in [0.29, 0.717) is 6.61 Å². The van der Waals surface area contributed by atoms with Gasteiger partial charge in [0.15, 0.2) is 0 Å². The van der Waals surface area contributed by atoms with Crippen LogP contribution in [0.2, 0.25) is 0 Å². The first-order chi connectivity index (χ1) is 6.72. The molecule has 1 nitrogen and oxygen atoms in total. The summed E-state index contributed by atoms with van der Waals surface area (Å²) in [6.45, 7) is 4.78. The maximum absolute atomic E-state index is 5.48. The molecule has 0 aliphatic carbocycles. The molecule has 14 heavy (non-hydrogen) atoms. The number of hydrogen-bond acceptors (Lipinski definition) is 3. The standard InChI is InChI=1S/C11H12OS2/c1-3-12-9-5-4-8-6-7(2)14-11(8)10(9)13/h4-6,13H,3H2,1-2H3. The van der Waals surface area contributed by atoms with Crippen LogP contribution < -0.4 is 4.74 Å². The molecule has 2 aromatic rings. The average molecular weight is 224 g/mol. The lowest BCUT2D eigenvalue weighted by Crippen LogP contribution is -1.91. The fraction of sp³-hybridized carbons (Fsp3) is 0.273. The lowest BCUT2D eigenvalue weighted by Gasteiger charge is -2.06. The Morgan fingerprint density at radius 1 is 1.43 bits per heavy atom. The summed E-state index contributed by atoms with van der Waals surface area (Å²) in [7, 11) is 0. The molecule has 0 atom stereocenters. The summed E-state index contributed by atoms with van der Waals surface area (Å²) in [5.41, 5.74) is 0. The minimum absolute atomic E-state index is 0.684. The van der Waals surface area contributed by atoms with Gasteiger partial charge in [0, 0.05) is 4.88 Å². The number of thiol groups is 1. The minimum Gasteiger partial charge on any atom is -0.493 e. The molecule has 0 bridgehead atoms. The molecule has 0 saturated carbocycles. The van der Waals surface area contributed by atoms with Gasteiger partial charge in [0.05, 0.1) is 16.2 Å². The zero-order chi connectivity index (χ0) is 10.1. The highest BCUT2D eigenvalue weighted by Crippen LogP contribution is 2.36. The van der Waals surface area contributed by atoms with Gasteiger partial charge in [-0.15, -0.1) is 24.0 Å². The van der Waals surface area contributed by atoms with E-state index in [1.165, 1.54) is 15.0 Å². The molecule has 0 spiro atoms. The maximum Gasteiger partial charge on any atom is 0.134 e. The van der Waals surface area contributed by atoms with Crippen molar-refractivity contribution in [2.75, 3.05) is 6.61 Å². The molecule has 0 N–H and O–H groups in total. The first-order valence-corrected chi connectivity index (χ1v) is 5.83. The van der Waals surface area contributed by atoms with E-state index in [1.54, 1.807) is 11.3 Å². The van der Waals surface area contributed by atoms with Crippen molar-refractivity contribution in [3.63, 3.8) is 0 Å². The maximum atomic E-state index is 5.48. The quantitative estimate of drug-likeness (QED) is 0.761. The average Bonchev–Trinajstić information content (AvgIpc) is 2.52. The molecule has 1 aromatic heterocycles. The first kappa shape index (κ1) is 9.87. The highest BCUT2D eigenvalue weighted by molar-refractivity contribution is 7.81. The van der Waals surface area contributed by atoms with Gasteiger partial charge in [0.2, 0.25) is 0 Å². The second-order valence-corrected chi connectivity index (χ2v) is 4.82. The molecule has 0 amide bonds. The SMILES string of the molecule is CCOc1ccc2cc(C)sc2c1S. The summed E-state index contributed by atoms with van der Waals surface area (Å²) < 4.78 is 6.70. The summed E-state index contributed by atoms with van der Waals surface area (Å²) in [6, 6.07) is 6.25. The lowest BCUT2D eigenvalue weighted by atomic mass is 10.2. The third kappa shape index (κ3) is 1.62. The van der Waals surface area contributed by atoms with Crippen LogP contribution in [0.5, 0.6) is 5.75 Å². The second kappa shape index (κ2) is 3.83. The van der Waals surface area contributed by atoms with E-state index in [4.69, 9.17) is 4.74 Å². The van der Waals surface area contributed by atoms with E-state index in [0.717, 1.165) is 10.6 Å². The Morgan fingerprint density at radius 3 is 2.93 bits per heavy atom. The zero-order valence-electron chi connectivity index (χ0n) is 8.20. The Bertz CT molecular complexity index is 460. The van der Waals surface area contributed by atoms with E-state index in [2.05, 4.69) is 31.7 Å². The van der Waals surface area contributed by atoms with E-state index in [1.807, 2.05) is 13.0 Å². The molecule has 0 aliphatic rings. The topological polar surface area (TPSA) is 9.23 Å². The number of ether oxygens (including phenoxy) is 1. The predicted octanol–water partition coefficient (Wildman–Crippen LogP) is 3.90. The van der Waals surface area contributed by atoms with Crippen LogP contribution in [0.25, 0.3) is 10.1 Å². The molecular formula is C11H12OS2. The number of rotatable bonds is 2. The van der Waals surface area contributed by atoms with E-state index in [9.17, 15) is 0 Å². The monoisotopic (exact) mass is 224 g/mol. The van der Waals surface area contributed by atoms with Gasteiger partial charge >= 0.3 is 0 Å². The van der Waals surface area contributed by atoms with Crippen molar-refractivity contribution in [2.45, 2.75) is 18.7 Å². The Balaban J connectivity index is 2.61. The Morgan fingerprint density at radius 2 is 2.21 bits per heavy atom. The van der Waals surface area contributed by atoms with E-state index >= 15 is 0 Å². The molecular weight excluding hydrogens is 212 g/mol. The summed E-state index contributed by atoms with van der Waals surface area (Å²) in [4.78, 5) is 2.27. The number of thiophene rings is 1. The minimum atomic E-state index is 0.684. The molecule has 2 rings (SSSR count). The largest absolute Gasteiger partial charge is 0.493 e. The van der Waals surface area contributed by atoms with E-state index < -0.39 is 0 Å². The predicted molar refractivity (Wildman–Crippen MR) is 65.0 cm³/mol. The van der Waals surface area contributed by atoms with E-state index in [-0.39, 0.29) is 0 Å². The van der Waals surface area contributed by atoms with Crippen LogP contribution in [0.4, 0.5) is 0 Å². The fourth-order valence-corrected chi connectivity index (χ4v) is 2.83. The molecule has 0 unspecified atom stereocenters. The van der Waals surface area contributed by atoms with Gasteiger partial charge in [-0.25, -0.2) is 0 Å². The molecule has 74 valence electrons. The Kier molecular flexibility index (Phi) is 2.70. The third-order valence-corrected chi connectivity index (χ3v) is 3.73. The zero-order valence-corrected chi connectivity index (χ0v) is 9.91. The molecule has 3 heteroatoms. The van der Waals surface area contributed by atoms with Gasteiger partial charge in [0.25, 0.3) is 0 Å². The number of fused-ring (bicyclic) bond motifs is 1. The number of aryl methyl sites for hydroxylation is 1. The third-order valence-electron chi connectivity index (χ3n) is 2.05. The molecule has 0 radical (unpaired) electrons. The van der Waals surface area contributed by atoms with Crippen molar-refractivity contribution >= 4 is 34.1 Å². The van der Waals surface area contributed by atoms with Crippen LogP contribution in [0.3, 0.4) is 0 Å². The molecule has 0 saturated heterocycles. The summed E-state index contributed by atoms with van der Waals surface area (Å²) in [6.07, 6.45) is 0. The molecule has 0 aliphatic heterocycles. The number of benzene rings is 1. The normalized spacial score (nSPS) is 10.8. The number of hydrogen-bond donors (Lipinski definition) is 1. The van der Waals surface area contributed by atoms with Gasteiger partial charge < -0.3 is 4.74 Å². The Labute approximate surface area is 93.1 Å². The summed E-state index contributed by atoms with van der Waals surface area (Å²) in [5, 5.41) is 1.25. The van der Waals surface area contributed by atoms with Crippen LogP contribution in [0, 0.1) is 6.92 Å². The van der Waals surface area contributed by atoms with Crippen molar-refractivity contribution in [3.05, 3.63) is 23.1 Å². The van der Waals surface area contributed by atoms with Crippen molar-refractivity contribution in [2.24, 2.45) is 0 Å². The van der Waals surface area contributed by atoms with Crippen LogP contribution in [0.1, 0.15) is 11.8 Å². The summed E-state index contributed by atoms with van der Waals surface area (Å²) >= 11 is 6.26. The van der Waals surface area contributed by atoms with Gasteiger partial charge in [-0.3, -0.25) is 0 Å². The first-order valence-electron chi connectivity index (χ1n) is 4.57. The van der Waals surface area contributed by atoms with Crippen molar-refractivity contribution < 1.29 is 4.74 Å². The van der Waals surface area contributed by atoms with Crippen LogP contribution >= 0.6 is 24.0 Å². The van der Waals surface area contributed by atoms with Crippen LogP contribution in [-0.2, 0) is 0 Å². The molecule has 1 aromatic carbocycles. The molecule has 0 fully saturated rings. The smallest absolute Gasteiger partial charge is 0.134 e. The second-order valence-electron chi connectivity index (χ2n) is 3.12. The molecule has 1 heterocycles. The van der Waals surface area contributed by atoms with Crippen LogP contribution in [-0.4, -0.2) is 6.61 Å². The Hall–Kier alpha value is -0.670.